The Balaban J connectivity index is 1.37. The van der Waals surface area contributed by atoms with Gasteiger partial charge in [-0.25, -0.2) is 4.68 Å². The SMILES string of the molecule is CCN(CCc1cn([C@@H]2CC[C@@]3(C(=O)O)C[C@@H]23)nn1)C(=O)c1cc(OC)ccn1. The second-order valence-corrected chi connectivity index (χ2v) is 7.78. The molecule has 0 radical (unpaired) electrons. The second-order valence-electron chi connectivity index (χ2n) is 7.78. The molecule has 154 valence electrons. The number of carbonyl (C=O) groups excluding carboxylic acids is 1. The number of carbonyl (C=O) groups is 2. The lowest BCUT2D eigenvalue weighted by molar-refractivity contribution is -0.143. The van der Waals surface area contributed by atoms with Crippen molar-refractivity contribution in [1.82, 2.24) is 24.9 Å². The number of pyridine rings is 1. The zero-order chi connectivity index (χ0) is 20.6. The van der Waals surface area contributed by atoms with Gasteiger partial charge in [0.1, 0.15) is 11.4 Å². The summed E-state index contributed by atoms with van der Waals surface area (Å²) in [5.74, 6) is -0.0915. The Morgan fingerprint density at radius 1 is 1.45 bits per heavy atom. The van der Waals surface area contributed by atoms with Gasteiger partial charge >= 0.3 is 5.97 Å². The van der Waals surface area contributed by atoms with Gasteiger partial charge in [-0.2, -0.15) is 0 Å². The first-order valence-corrected chi connectivity index (χ1v) is 9.92. The number of likely N-dealkylation sites (N-methyl/N-ethyl adjacent to an activating group) is 1. The molecule has 0 saturated heterocycles. The predicted octanol–water partition coefficient (Wildman–Crippen LogP) is 1.81. The molecule has 0 bridgehead atoms. The Morgan fingerprint density at radius 3 is 2.93 bits per heavy atom. The lowest BCUT2D eigenvalue weighted by Gasteiger charge is -2.20. The Labute approximate surface area is 168 Å². The van der Waals surface area contributed by atoms with Crippen molar-refractivity contribution in [2.45, 2.75) is 38.6 Å². The number of carboxylic acid groups (broad SMARTS) is 1. The number of aromatic nitrogens is 4. The van der Waals surface area contributed by atoms with Gasteiger partial charge in [-0.05, 0) is 38.2 Å². The van der Waals surface area contributed by atoms with Crippen molar-refractivity contribution in [1.29, 1.82) is 0 Å². The van der Waals surface area contributed by atoms with E-state index in [4.69, 9.17) is 4.74 Å². The highest BCUT2D eigenvalue weighted by Gasteiger charge is 2.67. The normalized spacial score (nSPS) is 24.8. The maximum atomic E-state index is 12.7. The summed E-state index contributed by atoms with van der Waals surface area (Å²) in [6.07, 6.45) is 6.28. The monoisotopic (exact) mass is 399 g/mol. The van der Waals surface area contributed by atoms with E-state index in [1.807, 2.05) is 17.8 Å². The van der Waals surface area contributed by atoms with E-state index in [1.54, 1.807) is 30.3 Å². The van der Waals surface area contributed by atoms with Gasteiger partial charge in [0, 0.05) is 38.0 Å². The van der Waals surface area contributed by atoms with E-state index in [2.05, 4.69) is 15.3 Å². The summed E-state index contributed by atoms with van der Waals surface area (Å²) in [7, 11) is 1.55. The zero-order valence-electron chi connectivity index (χ0n) is 16.6. The molecule has 2 aliphatic rings. The van der Waals surface area contributed by atoms with Crippen LogP contribution in [0.4, 0.5) is 0 Å². The van der Waals surface area contributed by atoms with Crippen LogP contribution in [-0.4, -0.2) is 62.1 Å². The molecule has 0 aliphatic heterocycles. The van der Waals surface area contributed by atoms with Gasteiger partial charge in [-0.1, -0.05) is 5.21 Å². The molecular weight excluding hydrogens is 374 g/mol. The number of rotatable bonds is 8. The lowest BCUT2D eigenvalue weighted by Crippen LogP contribution is -2.33. The molecule has 0 aromatic carbocycles. The van der Waals surface area contributed by atoms with Crippen molar-refractivity contribution in [3.05, 3.63) is 35.9 Å². The molecule has 4 rings (SSSR count). The Bertz CT molecular complexity index is 929. The quantitative estimate of drug-likeness (QED) is 0.721. The molecule has 2 aliphatic carbocycles. The van der Waals surface area contributed by atoms with E-state index in [1.165, 1.54) is 0 Å². The Hall–Kier alpha value is -2.97. The predicted molar refractivity (Wildman–Crippen MR) is 103 cm³/mol. The van der Waals surface area contributed by atoms with E-state index in [-0.39, 0.29) is 17.9 Å². The van der Waals surface area contributed by atoms with E-state index >= 15 is 0 Å². The zero-order valence-corrected chi connectivity index (χ0v) is 16.6. The molecule has 2 fully saturated rings. The van der Waals surface area contributed by atoms with E-state index in [9.17, 15) is 14.7 Å². The lowest BCUT2D eigenvalue weighted by atomic mass is 10.1. The summed E-state index contributed by atoms with van der Waals surface area (Å²) >= 11 is 0. The highest BCUT2D eigenvalue weighted by Crippen LogP contribution is 2.67. The van der Waals surface area contributed by atoms with Crippen LogP contribution < -0.4 is 4.74 Å². The largest absolute Gasteiger partial charge is 0.497 e. The van der Waals surface area contributed by atoms with Crippen LogP contribution in [0.1, 0.15) is 48.4 Å². The molecule has 1 N–H and O–H groups in total. The summed E-state index contributed by atoms with van der Waals surface area (Å²) in [4.78, 5) is 30.1. The first-order valence-electron chi connectivity index (χ1n) is 9.92. The summed E-state index contributed by atoms with van der Waals surface area (Å²) in [5.41, 5.74) is 0.606. The molecule has 3 atom stereocenters. The van der Waals surface area contributed by atoms with Gasteiger partial charge < -0.3 is 14.7 Å². The number of ether oxygens (including phenoxy) is 1. The molecule has 29 heavy (non-hydrogen) atoms. The third kappa shape index (κ3) is 3.45. The topological polar surface area (TPSA) is 110 Å². The summed E-state index contributed by atoms with van der Waals surface area (Å²) < 4.78 is 6.98. The van der Waals surface area contributed by atoms with Gasteiger partial charge in [0.15, 0.2) is 0 Å². The number of hydrogen-bond donors (Lipinski definition) is 1. The minimum atomic E-state index is -0.686. The van der Waals surface area contributed by atoms with Crippen LogP contribution in [0.15, 0.2) is 24.5 Å². The summed E-state index contributed by atoms with van der Waals surface area (Å²) in [5, 5.41) is 17.9. The van der Waals surface area contributed by atoms with Gasteiger partial charge in [-0.15, -0.1) is 5.10 Å². The molecule has 9 nitrogen and oxygen atoms in total. The van der Waals surface area contributed by atoms with Gasteiger partial charge in [-0.3, -0.25) is 14.6 Å². The van der Waals surface area contributed by atoms with Gasteiger partial charge in [0.2, 0.25) is 0 Å². The number of methoxy groups -OCH3 is 1. The number of aliphatic carboxylic acids is 1. The van der Waals surface area contributed by atoms with E-state index in [0.717, 1.165) is 18.5 Å². The number of amides is 1. The molecular formula is C20H25N5O4. The summed E-state index contributed by atoms with van der Waals surface area (Å²) in [6, 6.07) is 3.44. The minimum absolute atomic E-state index is 0.109. The van der Waals surface area contributed by atoms with Crippen molar-refractivity contribution in [3.8, 4) is 5.75 Å². The Morgan fingerprint density at radius 2 is 2.28 bits per heavy atom. The molecule has 1 amide bonds. The molecule has 2 saturated carbocycles. The maximum absolute atomic E-state index is 12.7. The molecule has 2 aromatic rings. The molecule has 0 spiro atoms. The van der Waals surface area contributed by atoms with E-state index < -0.39 is 11.4 Å². The number of nitrogens with zero attached hydrogens (tertiary/aromatic N) is 5. The second kappa shape index (κ2) is 7.46. The fourth-order valence-corrected chi connectivity index (χ4v) is 4.46. The number of hydrogen-bond acceptors (Lipinski definition) is 6. The van der Waals surface area contributed by atoms with Crippen LogP contribution in [0.2, 0.25) is 0 Å². The van der Waals surface area contributed by atoms with Gasteiger partial charge in [0.05, 0.1) is 24.3 Å². The standard InChI is InChI=1S/C20H25N5O4/c1-3-24(18(26)16-10-14(29-2)5-8-21-16)9-6-13-12-25(23-22-13)17-4-7-20(19(27)28)11-15(17)20/h5,8,10,12,15,17H,3-4,6-7,9,11H2,1-2H3,(H,27,28)/t15-,17+,20+/m0/s1. The third-order valence-electron chi connectivity index (χ3n) is 6.30. The van der Waals surface area contributed by atoms with Crippen LogP contribution in [0.3, 0.4) is 0 Å². The number of fused-ring (bicyclic) bond motifs is 1. The number of carboxylic acids is 1. The average molecular weight is 399 g/mol. The van der Waals surface area contributed by atoms with Crippen molar-refractivity contribution >= 4 is 11.9 Å². The van der Waals surface area contributed by atoms with Gasteiger partial charge in [0.25, 0.3) is 5.91 Å². The van der Waals surface area contributed by atoms with Crippen LogP contribution in [0.5, 0.6) is 5.75 Å². The van der Waals surface area contributed by atoms with Crippen LogP contribution in [0.25, 0.3) is 0 Å². The van der Waals surface area contributed by atoms with Crippen molar-refractivity contribution in [2.24, 2.45) is 11.3 Å². The van der Waals surface area contributed by atoms with Crippen LogP contribution in [0, 0.1) is 11.3 Å². The highest BCUT2D eigenvalue weighted by atomic mass is 16.5. The first-order chi connectivity index (χ1) is 14.0. The highest BCUT2D eigenvalue weighted by molar-refractivity contribution is 5.92. The third-order valence-corrected chi connectivity index (χ3v) is 6.30. The fourth-order valence-electron chi connectivity index (χ4n) is 4.46. The van der Waals surface area contributed by atoms with Crippen LogP contribution in [-0.2, 0) is 11.2 Å². The van der Waals surface area contributed by atoms with E-state index in [0.29, 0.717) is 37.4 Å². The Kier molecular flexibility index (Phi) is 4.97. The van der Waals surface area contributed by atoms with Crippen molar-refractivity contribution in [3.63, 3.8) is 0 Å². The molecule has 9 heteroatoms. The maximum Gasteiger partial charge on any atom is 0.310 e. The average Bonchev–Trinajstić information content (AvgIpc) is 3.09. The fraction of sp³-hybridized carbons (Fsp3) is 0.550. The smallest absolute Gasteiger partial charge is 0.310 e. The van der Waals surface area contributed by atoms with Crippen molar-refractivity contribution < 1.29 is 19.4 Å². The van der Waals surface area contributed by atoms with Crippen LogP contribution >= 0.6 is 0 Å². The molecule has 2 aromatic heterocycles. The molecule has 0 unspecified atom stereocenters. The first kappa shape index (κ1) is 19.4. The minimum Gasteiger partial charge on any atom is -0.497 e. The molecule has 2 heterocycles. The summed E-state index contributed by atoms with van der Waals surface area (Å²) in [6.45, 7) is 2.98. The van der Waals surface area contributed by atoms with Crippen molar-refractivity contribution in [2.75, 3.05) is 20.2 Å².